The maximum absolute atomic E-state index is 11.8. The highest BCUT2D eigenvalue weighted by Crippen LogP contribution is 2.60. The first-order valence-corrected chi connectivity index (χ1v) is 7.15. The zero-order chi connectivity index (χ0) is 14.8. The number of Topliss-reactive ketones (excluding diaryl/α,β-unsaturated/α-hetero) is 1. The summed E-state index contributed by atoms with van der Waals surface area (Å²) in [6.07, 6.45) is 1.78. The molecule has 1 spiro atoms. The molecule has 0 aromatic carbocycles. The Morgan fingerprint density at radius 2 is 2.15 bits per heavy atom. The molecule has 2 N–H and O–H groups in total. The molecule has 2 aliphatic heterocycles. The van der Waals surface area contributed by atoms with E-state index in [-0.39, 0.29) is 18.3 Å². The largest absolute Gasteiger partial charge is 0.382 e. The maximum atomic E-state index is 11.8. The Hall–Kier alpha value is -0.750. The Kier molecular flexibility index (Phi) is 2.93. The minimum Gasteiger partial charge on any atom is -0.382 e. The second-order valence-electron chi connectivity index (χ2n) is 6.65. The zero-order valence-electron chi connectivity index (χ0n) is 12.2. The average Bonchev–Trinajstić information content (AvgIpc) is 3.28. The molecule has 0 aromatic rings. The molecule has 0 amide bonds. The molecule has 20 heavy (non-hydrogen) atoms. The van der Waals surface area contributed by atoms with Crippen molar-refractivity contribution in [1.82, 2.24) is 0 Å². The summed E-state index contributed by atoms with van der Waals surface area (Å²) >= 11 is 0. The average molecular weight is 282 g/mol. The summed E-state index contributed by atoms with van der Waals surface area (Å²) < 4.78 is 11.2. The third-order valence-electron chi connectivity index (χ3n) is 5.10. The molecule has 0 radical (unpaired) electrons. The van der Waals surface area contributed by atoms with E-state index in [0.717, 1.165) is 0 Å². The van der Waals surface area contributed by atoms with Crippen LogP contribution in [-0.2, 0) is 14.3 Å². The molecule has 1 aliphatic carbocycles. The summed E-state index contributed by atoms with van der Waals surface area (Å²) in [5.74, 6) is -0.327. The lowest BCUT2D eigenvalue weighted by Gasteiger charge is -2.44. The van der Waals surface area contributed by atoms with Crippen molar-refractivity contribution in [3.63, 3.8) is 0 Å². The number of epoxide rings is 2. The standard InChI is InChI=1S/C15H22O5/c1-9(2)4-5-11-13(3,20-11)15(18)12(17)10(16)6-7-14(15)8-19-14/h4,11-12,17-18H,5-8H2,1-3H3. The Labute approximate surface area is 118 Å². The SMILES string of the molecule is CC(C)=CCC1OC1(C)C1(O)C(O)C(=O)CCC12CO2. The predicted octanol–water partition coefficient (Wildman–Crippen LogP) is 0.724. The number of hydrogen-bond donors (Lipinski definition) is 2. The molecule has 3 fully saturated rings. The molecule has 3 rings (SSSR count). The zero-order valence-corrected chi connectivity index (χ0v) is 12.2. The van der Waals surface area contributed by atoms with Gasteiger partial charge in [0.25, 0.3) is 0 Å². The quantitative estimate of drug-likeness (QED) is 0.589. The van der Waals surface area contributed by atoms with Crippen LogP contribution in [-0.4, -0.2) is 51.6 Å². The molecule has 5 nitrogen and oxygen atoms in total. The number of hydrogen-bond acceptors (Lipinski definition) is 5. The fraction of sp³-hybridized carbons (Fsp3) is 0.800. The van der Waals surface area contributed by atoms with Gasteiger partial charge in [-0.05, 0) is 33.6 Å². The second kappa shape index (κ2) is 4.13. The van der Waals surface area contributed by atoms with Crippen LogP contribution in [0.25, 0.3) is 0 Å². The Balaban J connectivity index is 1.87. The van der Waals surface area contributed by atoms with E-state index in [9.17, 15) is 15.0 Å². The first-order valence-electron chi connectivity index (χ1n) is 7.15. The minimum atomic E-state index is -1.64. The number of aliphatic hydroxyl groups is 2. The van der Waals surface area contributed by atoms with Crippen molar-refractivity contribution < 1.29 is 24.5 Å². The summed E-state index contributed by atoms with van der Waals surface area (Å²) in [5, 5.41) is 21.4. The lowest BCUT2D eigenvalue weighted by Crippen LogP contribution is -2.68. The number of rotatable bonds is 3. The van der Waals surface area contributed by atoms with Crippen molar-refractivity contribution in [2.24, 2.45) is 0 Å². The van der Waals surface area contributed by atoms with Gasteiger partial charge in [0.2, 0.25) is 0 Å². The van der Waals surface area contributed by atoms with Crippen molar-refractivity contribution in [2.45, 2.75) is 69.0 Å². The van der Waals surface area contributed by atoms with Gasteiger partial charge >= 0.3 is 0 Å². The summed E-state index contributed by atoms with van der Waals surface area (Å²) in [4.78, 5) is 11.8. The molecule has 0 aromatic heterocycles. The molecule has 0 bridgehead atoms. The van der Waals surface area contributed by atoms with Gasteiger partial charge in [0.05, 0.1) is 12.7 Å². The van der Waals surface area contributed by atoms with Crippen LogP contribution >= 0.6 is 0 Å². The highest BCUT2D eigenvalue weighted by molar-refractivity contribution is 5.86. The minimum absolute atomic E-state index is 0.191. The van der Waals surface area contributed by atoms with Crippen molar-refractivity contribution in [2.75, 3.05) is 6.61 Å². The summed E-state index contributed by atoms with van der Waals surface area (Å²) in [5.41, 5.74) is -2.21. The van der Waals surface area contributed by atoms with E-state index in [4.69, 9.17) is 9.47 Å². The highest BCUT2D eigenvalue weighted by atomic mass is 16.7. The van der Waals surface area contributed by atoms with Gasteiger partial charge in [-0.3, -0.25) is 4.79 Å². The molecule has 5 heteroatoms. The van der Waals surface area contributed by atoms with E-state index < -0.39 is 22.9 Å². The monoisotopic (exact) mass is 282 g/mol. The van der Waals surface area contributed by atoms with Gasteiger partial charge in [0, 0.05) is 6.42 Å². The summed E-state index contributed by atoms with van der Waals surface area (Å²) in [6, 6.07) is 0. The van der Waals surface area contributed by atoms with Gasteiger partial charge in [-0.2, -0.15) is 0 Å². The molecule has 5 unspecified atom stereocenters. The lowest BCUT2D eigenvalue weighted by molar-refractivity contribution is -0.187. The molecule has 112 valence electrons. The van der Waals surface area contributed by atoms with E-state index in [1.54, 1.807) is 6.92 Å². The van der Waals surface area contributed by atoms with Crippen LogP contribution in [0.2, 0.25) is 0 Å². The van der Waals surface area contributed by atoms with Crippen molar-refractivity contribution >= 4 is 5.78 Å². The summed E-state index contributed by atoms with van der Waals surface area (Å²) in [7, 11) is 0. The Morgan fingerprint density at radius 1 is 1.50 bits per heavy atom. The third-order valence-corrected chi connectivity index (χ3v) is 5.10. The van der Waals surface area contributed by atoms with E-state index in [1.165, 1.54) is 5.57 Å². The van der Waals surface area contributed by atoms with Gasteiger partial charge in [-0.25, -0.2) is 0 Å². The van der Waals surface area contributed by atoms with Crippen LogP contribution < -0.4 is 0 Å². The second-order valence-corrected chi connectivity index (χ2v) is 6.65. The highest BCUT2D eigenvalue weighted by Gasteiger charge is 2.81. The maximum Gasteiger partial charge on any atom is 0.164 e. The number of carbonyl (C=O) groups is 1. The van der Waals surface area contributed by atoms with Crippen LogP contribution in [0.4, 0.5) is 0 Å². The number of ketones is 1. The van der Waals surface area contributed by atoms with Gasteiger partial charge in [-0.15, -0.1) is 0 Å². The lowest BCUT2D eigenvalue weighted by atomic mass is 9.65. The topological polar surface area (TPSA) is 82.6 Å². The van der Waals surface area contributed by atoms with Gasteiger partial charge in [-0.1, -0.05) is 11.6 Å². The number of ether oxygens (including phenoxy) is 2. The van der Waals surface area contributed by atoms with Crippen LogP contribution in [0.5, 0.6) is 0 Å². The van der Waals surface area contributed by atoms with Crippen LogP contribution in [0.3, 0.4) is 0 Å². The molecular formula is C15H22O5. The Morgan fingerprint density at radius 3 is 2.70 bits per heavy atom. The number of aliphatic hydroxyl groups excluding tert-OH is 1. The van der Waals surface area contributed by atoms with Gasteiger partial charge in [0.15, 0.2) is 11.4 Å². The Bertz CT molecular complexity index is 477. The van der Waals surface area contributed by atoms with Crippen molar-refractivity contribution in [3.05, 3.63) is 11.6 Å². The predicted molar refractivity (Wildman–Crippen MR) is 71.2 cm³/mol. The van der Waals surface area contributed by atoms with Gasteiger partial charge in [0.1, 0.15) is 17.3 Å². The molecule has 5 atom stereocenters. The van der Waals surface area contributed by atoms with E-state index in [0.29, 0.717) is 19.4 Å². The third kappa shape index (κ3) is 1.67. The number of carbonyl (C=O) groups excluding carboxylic acids is 1. The molecule has 3 aliphatic rings. The van der Waals surface area contributed by atoms with Crippen LogP contribution in [0.15, 0.2) is 11.6 Å². The normalized spacial score (nSPS) is 50.1. The molecule has 2 heterocycles. The van der Waals surface area contributed by atoms with Crippen molar-refractivity contribution in [1.29, 1.82) is 0 Å². The van der Waals surface area contributed by atoms with Crippen molar-refractivity contribution in [3.8, 4) is 0 Å². The molecular weight excluding hydrogens is 260 g/mol. The fourth-order valence-corrected chi connectivity index (χ4v) is 3.52. The van der Waals surface area contributed by atoms with Crippen LogP contribution in [0, 0.1) is 0 Å². The molecule has 2 saturated heterocycles. The number of allylic oxidation sites excluding steroid dienone is 1. The molecule has 1 saturated carbocycles. The first kappa shape index (κ1) is 14.2. The van der Waals surface area contributed by atoms with Crippen LogP contribution in [0.1, 0.15) is 40.0 Å². The first-order chi connectivity index (χ1) is 9.27. The fourth-order valence-electron chi connectivity index (χ4n) is 3.52. The van der Waals surface area contributed by atoms with E-state index >= 15 is 0 Å². The van der Waals surface area contributed by atoms with Gasteiger partial charge < -0.3 is 19.7 Å². The smallest absolute Gasteiger partial charge is 0.164 e. The van der Waals surface area contributed by atoms with E-state index in [2.05, 4.69) is 0 Å². The summed E-state index contributed by atoms with van der Waals surface area (Å²) in [6.45, 7) is 6.14. The van der Waals surface area contributed by atoms with E-state index in [1.807, 2.05) is 19.9 Å².